The summed E-state index contributed by atoms with van der Waals surface area (Å²) < 4.78 is 5.69. The lowest BCUT2D eigenvalue weighted by Gasteiger charge is -2.27. The molecule has 4 nitrogen and oxygen atoms in total. The SMILES string of the molecule is CSC1(CN=C(N)N2CCOCC2)CC1.I. The highest BCUT2D eigenvalue weighted by atomic mass is 127. The molecule has 0 amide bonds. The van der Waals surface area contributed by atoms with E-state index >= 15 is 0 Å². The quantitative estimate of drug-likeness (QED) is 0.468. The highest BCUT2D eigenvalue weighted by Crippen LogP contribution is 2.47. The number of nitrogens with zero attached hydrogens (tertiary/aromatic N) is 2. The number of thioether (sulfide) groups is 1. The van der Waals surface area contributed by atoms with Crippen LogP contribution in [0.5, 0.6) is 0 Å². The van der Waals surface area contributed by atoms with Crippen molar-refractivity contribution < 1.29 is 4.74 Å². The second-order valence-electron chi connectivity index (χ2n) is 4.16. The van der Waals surface area contributed by atoms with E-state index in [2.05, 4.69) is 16.1 Å². The average Bonchev–Trinajstić information content (AvgIpc) is 3.08. The average molecular weight is 357 g/mol. The van der Waals surface area contributed by atoms with Gasteiger partial charge in [0.15, 0.2) is 5.96 Å². The van der Waals surface area contributed by atoms with E-state index in [4.69, 9.17) is 10.5 Å². The molecule has 0 spiro atoms. The van der Waals surface area contributed by atoms with E-state index in [0.29, 0.717) is 10.7 Å². The lowest BCUT2D eigenvalue weighted by Crippen LogP contribution is -2.45. The van der Waals surface area contributed by atoms with E-state index in [-0.39, 0.29) is 24.0 Å². The molecule has 6 heteroatoms. The Morgan fingerprint density at radius 2 is 2.06 bits per heavy atom. The van der Waals surface area contributed by atoms with E-state index in [9.17, 15) is 0 Å². The highest BCUT2D eigenvalue weighted by molar-refractivity contribution is 14.0. The summed E-state index contributed by atoms with van der Waals surface area (Å²) >= 11 is 1.92. The molecule has 2 rings (SSSR count). The van der Waals surface area contributed by atoms with Crippen LogP contribution in [0.15, 0.2) is 4.99 Å². The van der Waals surface area contributed by atoms with Crippen molar-refractivity contribution in [2.75, 3.05) is 39.1 Å². The van der Waals surface area contributed by atoms with Gasteiger partial charge < -0.3 is 15.4 Å². The molecule has 16 heavy (non-hydrogen) atoms. The molecule has 1 saturated heterocycles. The number of halogens is 1. The Morgan fingerprint density at radius 3 is 2.56 bits per heavy atom. The molecule has 0 aromatic carbocycles. The summed E-state index contributed by atoms with van der Waals surface area (Å²) in [6.45, 7) is 4.16. The zero-order chi connectivity index (χ0) is 10.7. The van der Waals surface area contributed by atoms with Crippen LogP contribution in [-0.2, 0) is 4.74 Å². The second kappa shape index (κ2) is 6.30. The maximum Gasteiger partial charge on any atom is 0.191 e. The first-order valence-corrected chi connectivity index (χ1v) is 6.66. The van der Waals surface area contributed by atoms with Crippen LogP contribution in [-0.4, -0.2) is 54.7 Å². The van der Waals surface area contributed by atoms with Crippen LogP contribution in [0.4, 0.5) is 0 Å². The zero-order valence-corrected chi connectivity index (χ0v) is 12.8. The molecular formula is C10H20IN3OS. The first-order chi connectivity index (χ1) is 7.26. The van der Waals surface area contributed by atoms with Gasteiger partial charge in [0.25, 0.3) is 0 Å². The molecule has 0 aromatic heterocycles. The third kappa shape index (κ3) is 3.66. The number of aliphatic imine (C=N–C) groups is 1. The number of ether oxygens (including phenoxy) is 1. The van der Waals surface area contributed by atoms with Gasteiger partial charge in [0.05, 0.1) is 19.8 Å². The third-order valence-corrected chi connectivity index (χ3v) is 4.51. The predicted molar refractivity (Wildman–Crippen MR) is 79.8 cm³/mol. The van der Waals surface area contributed by atoms with E-state index < -0.39 is 0 Å². The van der Waals surface area contributed by atoms with Crippen LogP contribution >= 0.6 is 35.7 Å². The molecule has 0 atom stereocenters. The van der Waals surface area contributed by atoms with Gasteiger partial charge in [-0.15, -0.1) is 24.0 Å². The highest BCUT2D eigenvalue weighted by Gasteiger charge is 2.41. The molecule has 1 aliphatic carbocycles. The molecule has 0 radical (unpaired) electrons. The van der Waals surface area contributed by atoms with Gasteiger partial charge >= 0.3 is 0 Å². The van der Waals surface area contributed by atoms with Crippen LogP contribution in [0.2, 0.25) is 0 Å². The summed E-state index contributed by atoms with van der Waals surface area (Å²) in [6.07, 6.45) is 4.73. The molecule has 0 unspecified atom stereocenters. The van der Waals surface area contributed by atoms with Crippen molar-refractivity contribution in [2.24, 2.45) is 10.7 Å². The minimum atomic E-state index is 0. The van der Waals surface area contributed by atoms with Gasteiger partial charge in [-0.1, -0.05) is 0 Å². The summed E-state index contributed by atoms with van der Waals surface area (Å²) in [4.78, 5) is 6.61. The van der Waals surface area contributed by atoms with Gasteiger partial charge in [-0.2, -0.15) is 11.8 Å². The number of hydrogen-bond donors (Lipinski definition) is 1. The Balaban J connectivity index is 0.00000128. The lowest BCUT2D eigenvalue weighted by molar-refractivity contribution is 0.0674. The first kappa shape index (κ1) is 14.4. The van der Waals surface area contributed by atoms with Crippen molar-refractivity contribution in [3.8, 4) is 0 Å². The molecule has 0 bridgehead atoms. The fourth-order valence-corrected chi connectivity index (χ4v) is 2.39. The Bertz CT molecular complexity index is 252. The van der Waals surface area contributed by atoms with Gasteiger partial charge in [0.2, 0.25) is 0 Å². The standard InChI is InChI=1S/C10H19N3OS.HI/c1-15-10(2-3-10)8-12-9(11)13-4-6-14-7-5-13;/h2-8H2,1H3,(H2,11,12);1H. The van der Waals surface area contributed by atoms with Crippen molar-refractivity contribution in [1.82, 2.24) is 4.90 Å². The Kier molecular flexibility index (Phi) is 5.66. The van der Waals surface area contributed by atoms with Crippen molar-refractivity contribution in [1.29, 1.82) is 0 Å². The number of morpholine rings is 1. The number of guanidine groups is 1. The Morgan fingerprint density at radius 1 is 1.44 bits per heavy atom. The van der Waals surface area contributed by atoms with E-state index in [1.807, 2.05) is 11.8 Å². The van der Waals surface area contributed by atoms with Gasteiger partial charge in [0.1, 0.15) is 0 Å². The Labute approximate surface area is 118 Å². The molecular weight excluding hydrogens is 337 g/mol. The van der Waals surface area contributed by atoms with Gasteiger partial charge in [-0.25, -0.2) is 0 Å². The van der Waals surface area contributed by atoms with Crippen LogP contribution in [0.25, 0.3) is 0 Å². The van der Waals surface area contributed by atoms with E-state index in [1.54, 1.807) is 0 Å². The maximum atomic E-state index is 5.95. The largest absolute Gasteiger partial charge is 0.378 e. The third-order valence-electron chi connectivity index (χ3n) is 3.10. The summed E-state index contributed by atoms with van der Waals surface area (Å²) in [5, 5.41) is 0. The van der Waals surface area contributed by atoms with Crippen molar-refractivity contribution in [2.45, 2.75) is 17.6 Å². The summed E-state index contributed by atoms with van der Waals surface area (Å²) in [6, 6.07) is 0. The maximum absolute atomic E-state index is 5.95. The van der Waals surface area contributed by atoms with E-state index in [1.165, 1.54) is 12.8 Å². The summed E-state index contributed by atoms with van der Waals surface area (Å²) in [5.41, 5.74) is 5.95. The summed E-state index contributed by atoms with van der Waals surface area (Å²) in [5.74, 6) is 0.693. The van der Waals surface area contributed by atoms with Crippen molar-refractivity contribution in [3.63, 3.8) is 0 Å². The van der Waals surface area contributed by atoms with Crippen LogP contribution in [0.3, 0.4) is 0 Å². The topological polar surface area (TPSA) is 50.8 Å². The number of hydrogen-bond acceptors (Lipinski definition) is 3. The molecule has 2 fully saturated rings. The monoisotopic (exact) mass is 357 g/mol. The van der Waals surface area contributed by atoms with Crippen LogP contribution in [0, 0.1) is 0 Å². The normalized spacial score (nSPS) is 23.8. The first-order valence-electron chi connectivity index (χ1n) is 5.43. The lowest BCUT2D eigenvalue weighted by atomic mass is 10.4. The fourth-order valence-electron chi connectivity index (χ4n) is 1.68. The zero-order valence-electron chi connectivity index (χ0n) is 9.65. The van der Waals surface area contributed by atoms with Crippen LogP contribution in [0.1, 0.15) is 12.8 Å². The van der Waals surface area contributed by atoms with Crippen molar-refractivity contribution >= 4 is 41.7 Å². The van der Waals surface area contributed by atoms with E-state index in [0.717, 1.165) is 32.8 Å². The molecule has 94 valence electrons. The van der Waals surface area contributed by atoms with Gasteiger partial charge in [-0.05, 0) is 19.1 Å². The number of rotatable bonds is 3. The van der Waals surface area contributed by atoms with Crippen LogP contribution < -0.4 is 5.73 Å². The molecule has 0 aromatic rings. The smallest absolute Gasteiger partial charge is 0.191 e. The Hall–Kier alpha value is 0.310. The fraction of sp³-hybridized carbons (Fsp3) is 0.900. The second-order valence-corrected chi connectivity index (χ2v) is 5.44. The number of nitrogens with two attached hydrogens (primary N) is 1. The molecule has 1 heterocycles. The minimum absolute atomic E-state index is 0. The van der Waals surface area contributed by atoms with Gasteiger partial charge in [-0.3, -0.25) is 4.99 Å². The molecule has 1 aliphatic heterocycles. The van der Waals surface area contributed by atoms with Crippen molar-refractivity contribution in [3.05, 3.63) is 0 Å². The minimum Gasteiger partial charge on any atom is -0.378 e. The molecule has 2 aliphatic rings. The summed E-state index contributed by atoms with van der Waals surface area (Å²) in [7, 11) is 0. The molecule has 2 N–H and O–H groups in total. The molecule has 1 saturated carbocycles. The predicted octanol–water partition coefficient (Wildman–Crippen LogP) is 1.15. The van der Waals surface area contributed by atoms with Gasteiger partial charge in [0, 0.05) is 17.8 Å².